The minimum atomic E-state index is -3.72. The molecule has 3 aromatic rings. The van der Waals surface area contributed by atoms with E-state index in [2.05, 4.69) is 15.0 Å². The molecule has 2 aromatic carbocycles. The van der Waals surface area contributed by atoms with E-state index in [1.807, 2.05) is 18.2 Å². The summed E-state index contributed by atoms with van der Waals surface area (Å²) in [6.45, 7) is 0.844. The maximum Gasteiger partial charge on any atom is 0.244 e. The van der Waals surface area contributed by atoms with Gasteiger partial charge in [-0.1, -0.05) is 23.2 Å². The molecule has 0 aliphatic heterocycles. The lowest BCUT2D eigenvalue weighted by molar-refractivity contribution is 0.402. The van der Waals surface area contributed by atoms with Crippen LogP contribution in [-0.4, -0.2) is 33.6 Å². The molecule has 0 amide bonds. The van der Waals surface area contributed by atoms with Crippen molar-refractivity contribution in [3.05, 3.63) is 58.7 Å². The maximum absolute atomic E-state index is 12.5. The summed E-state index contributed by atoms with van der Waals surface area (Å²) < 4.78 is 32.7. The molecule has 28 heavy (non-hydrogen) atoms. The fraction of sp³-hybridized carbons (Fsp3) is 0.211. The third kappa shape index (κ3) is 4.86. The van der Waals surface area contributed by atoms with E-state index < -0.39 is 10.0 Å². The monoisotopic (exact) mass is 439 g/mol. The number of benzene rings is 2. The van der Waals surface area contributed by atoms with E-state index in [-0.39, 0.29) is 17.2 Å². The summed E-state index contributed by atoms with van der Waals surface area (Å²) >= 11 is 11.9. The Morgan fingerprint density at radius 1 is 1.04 bits per heavy atom. The summed E-state index contributed by atoms with van der Waals surface area (Å²) in [4.78, 5) is 4.32. The number of halogens is 2. The Labute approximate surface area is 173 Å². The van der Waals surface area contributed by atoms with Crippen LogP contribution in [0.2, 0.25) is 10.0 Å². The molecule has 3 rings (SSSR count). The van der Waals surface area contributed by atoms with E-state index in [4.69, 9.17) is 27.9 Å². The van der Waals surface area contributed by atoms with Gasteiger partial charge in [0.05, 0.1) is 12.6 Å². The molecule has 2 N–H and O–H groups in total. The molecule has 0 saturated carbocycles. The first-order chi connectivity index (χ1) is 13.4. The lowest BCUT2D eigenvalue weighted by atomic mass is 10.2. The van der Waals surface area contributed by atoms with Crippen molar-refractivity contribution in [3.63, 3.8) is 0 Å². The fourth-order valence-electron chi connectivity index (χ4n) is 2.73. The Balaban J connectivity index is 1.59. The van der Waals surface area contributed by atoms with Gasteiger partial charge in [-0.3, -0.25) is 4.98 Å². The highest BCUT2D eigenvalue weighted by molar-refractivity contribution is 7.89. The topological polar surface area (TPSA) is 80.3 Å². The molecule has 6 nitrogen and oxygen atoms in total. The summed E-state index contributed by atoms with van der Waals surface area (Å²) in [5, 5.41) is 5.21. The van der Waals surface area contributed by atoms with Gasteiger partial charge in [0.15, 0.2) is 0 Å². The van der Waals surface area contributed by atoms with Gasteiger partial charge in [-0.25, -0.2) is 13.1 Å². The van der Waals surface area contributed by atoms with Gasteiger partial charge in [-0.05, 0) is 48.9 Å². The zero-order chi connectivity index (χ0) is 20.1. The Kier molecular flexibility index (Phi) is 6.61. The SMILES string of the molecule is COc1ccc(Cl)cc1S(=O)(=O)NCCCNc1ccnc2cc(Cl)ccc12. The summed E-state index contributed by atoms with van der Waals surface area (Å²) in [6.07, 6.45) is 2.29. The van der Waals surface area contributed by atoms with E-state index in [0.717, 1.165) is 16.6 Å². The number of ether oxygens (including phenoxy) is 1. The molecule has 148 valence electrons. The second-order valence-corrected chi connectivity index (χ2v) is 8.60. The van der Waals surface area contributed by atoms with Crippen molar-refractivity contribution in [2.24, 2.45) is 0 Å². The second-order valence-electron chi connectivity index (χ2n) is 5.99. The zero-order valence-corrected chi connectivity index (χ0v) is 17.4. The number of aromatic nitrogens is 1. The van der Waals surface area contributed by atoms with Gasteiger partial charge in [0.2, 0.25) is 10.0 Å². The first-order valence-corrected chi connectivity index (χ1v) is 10.8. The zero-order valence-electron chi connectivity index (χ0n) is 15.1. The Morgan fingerprint density at radius 3 is 2.57 bits per heavy atom. The van der Waals surface area contributed by atoms with E-state index in [1.165, 1.54) is 19.2 Å². The van der Waals surface area contributed by atoms with Crippen LogP contribution in [0.5, 0.6) is 5.75 Å². The fourth-order valence-corrected chi connectivity index (χ4v) is 4.40. The van der Waals surface area contributed by atoms with Crippen LogP contribution in [-0.2, 0) is 10.0 Å². The van der Waals surface area contributed by atoms with E-state index in [0.29, 0.717) is 23.0 Å². The van der Waals surface area contributed by atoms with Gasteiger partial charge in [-0.2, -0.15) is 0 Å². The predicted molar refractivity (Wildman–Crippen MR) is 113 cm³/mol. The van der Waals surface area contributed by atoms with Crippen molar-refractivity contribution in [1.29, 1.82) is 0 Å². The van der Waals surface area contributed by atoms with Crippen molar-refractivity contribution in [1.82, 2.24) is 9.71 Å². The highest BCUT2D eigenvalue weighted by Crippen LogP contribution is 2.27. The Bertz CT molecular complexity index is 1090. The quantitative estimate of drug-likeness (QED) is 0.510. The molecule has 0 bridgehead atoms. The normalized spacial score (nSPS) is 11.5. The van der Waals surface area contributed by atoms with E-state index in [1.54, 1.807) is 18.3 Å². The maximum atomic E-state index is 12.5. The molecule has 1 heterocycles. The van der Waals surface area contributed by atoms with Gasteiger partial charge >= 0.3 is 0 Å². The molecular formula is C19H19Cl2N3O3S. The standard InChI is InChI=1S/C19H19Cl2N3O3S/c1-27-18-6-4-14(21)12-19(18)28(25,26)24-9-2-8-22-16-7-10-23-17-11-13(20)3-5-15(16)17/h3-7,10-12,24H,2,8-9H2,1H3,(H,22,23). The Hall–Kier alpha value is -2.06. The van der Waals surface area contributed by atoms with Crippen molar-refractivity contribution in [2.45, 2.75) is 11.3 Å². The summed E-state index contributed by atoms with van der Waals surface area (Å²) in [5.74, 6) is 0.247. The molecule has 0 fully saturated rings. The molecule has 0 spiro atoms. The van der Waals surface area contributed by atoms with Gasteiger partial charge in [0.1, 0.15) is 10.6 Å². The number of methoxy groups -OCH3 is 1. The molecule has 0 radical (unpaired) electrons. The lowest BCUT2D eigenvalue weighted by Crippen LogP contribution is -2.26. The van der Waals surface area contributed by atoms with Crippen LogP contribution >= 0.6 is 23.2 Å². The summed E-state index contributed by atoms with van der Waals surface area (Å²) in [6, 6.07) is 11.9. The first kappa shape index (κ1) is 20.7. The molecule has 0 unspecified atom stereocenters. The number of hydrogen-bond donors (Lipinski definition) is 2. The molecule has 9 heteroatoms. The van der Waals surface area contributed by atoms with Gasteiger partial charge < -0.3 is 10.1 Å². The number of pyridine rings is 1. The second kappa shape index (κ2) is 8.96. The average Bonchev–Trinajstić information content (AvgIpc) is 2.67. The number of hydrogen-bond acceptors (Lipinski definition) is 5. The lowest BCUT2D eigenvalue weighted by Gasteiger charge is -2.12. The number of anilines is 1. The van der Waals surface area contributed by atoms with E-state index >= 15 is 0 Å². The van der Waals surface area contributed by atoms with Crippen LogP contribution in [0.3, 0.4) is 0 Å². The van der Waals surface area contributed by atoms with E-state index in [9.17, 15) is 8.42 Å². The smallest absolute Gasteiger partial charge is 0.244 e. The molecule has 0 saturated heterocycles. The average molecular weight is 440 g/mol. The van der Waals surface area contributed by atoms with Crippen molar-refractivity contribution < 1.29 is 13.2 Å². The predicted octanol–water partition coefficient (Wildman–Crippen LogP) is 4.33. The third-order valence-corrected chi connectivity index (χ3v) is 6.03. The molecule has 1 aromatic heterocycles. The highest BCUT2D eigenvalue weighted by Gasteiger charge is 2.19. The van der Waals surface area contributed by atoms with Crippen molar-refractivity contribution >= 4 is 49.8 Å². The van der Waals surface area contributed by atoms with Crippen LogP contribution in [0.4, 0.5) is 5.69 Å². The molecular weight excluding hydrogens is 421 g/mol. The van der Waals surface area contributed by atoms with Crippen LogP contribution in [0.25, 0.3) is 10.9 Å². The van der Waals surface area contributed by atoms with Crippen molar-refractivity contribution in [2.75, 3.05) is 25.5 Å². The van der Waals surface area contributed by atoms with Crippen LogP contribution in [0.15, 0.2) is 53.6 Å². The minimum Gasteiger partial charge on any atom is -0.495 e. The number of rotatable bonds is 8. The minimum absolute atomic E-state index is 0.0208. The Morgan fingerprint density at radius 2 is 1.79 bits per heavy atom. The molecule has 0 aliphatic rings. The van der Waals surface area contributed by atoms with Crippen molar-refractivity contribution in [3.8, 4) is 5.75 Å². The molecule has 0 atom stereocenters. The number of sulfonamides is 1. The van der Waals surface area contributed by atoms with Gasteiger partial charge in [0.25, 0.3) is 0 Å². The third-order valence-electron chi connectivity index (χ3n) is 4.08. The highest BCUT2D eigenvalue weighted by atomic mass is 35.5. The summed E-state index contributed by atoms with van der Waals surface area (Å²) in [7, 11) is -2.31. The number of nitrogens with one attached hydrogen (secondary N) is 2. The van der Waals surface area contributed by atoms with Gasteiger partial charge in [-0.15, -0.1) is 0 Å². The van der Waals surface area contributed by atoms with Crippen LogP contribution in [0.1, 0.15) is 6.42 Å². The van der Waals surface area contributed by atoms with Crippen LogP contribution < -0.4 is 14.8 Å². The van der Waals surface area contributed by atoms with Gasteiger partial charge in [0, 0.05) is 40.4 Å². The first-order valence-electron chi connectivity index (χ1n) is 8.52. The largest absolute Gasteiger partial charge is 0.495 e. The summed E-state index contributed by atoms with van der Waals surface area (Å²) in [5.41, 5.74) is 1.72. The molecule has 0 aliphatic carbocycles. The number of nitrogens with zero attached hydrogens (tertiary/aromatic N) is 1. The van der Waals surface area contributed by atoms with Crippen LogP contribution in [0, 0.1) is 0 Å². The number of fused-ring (bicyclic) bond motifs is 1.